The van der Waals surface area contributed by atoms with Gasteiger partial charge in [-0.25, -0.2) is 4.39 Å². The molecule has 0 aliphatic carbocycles. The minimum absolute atomic E-state index is 0.0768. The molecule has 136 valence electrons. The van der Waals surface area contributed by atoms with Crippen molar-refractivity contribution in [1.29, 1.82) is 0 Å². The zero-order valence-electron chi connectivity index (χ0n) is 14.4. The maximum absolute atomic E-state index is 13.3. The third-order valence-electron chi connectivity index (χ3n) is 5.48. The molecule has 2 heterocycles. The van der Waals surface area contributed by atoms with E-state index < -0.39 is 5.54 Å². The summed E-state index contributed by atoms with van der Waals surface area (Å²) in [5.74, 6) is -0.188. The van der Waals surface area contributed by atoms with Crippen molar-refractivity contribution in [2.75, 3.05) is 24.7 Å². The number of carbonyl (C=O) groups is 1. The van der Waals surface area contributed by atoms with E-state index in [1.807, 2.05) is 24.3 Å². The number of hydrogen-bond donors (Lipinski definition) is 1. The Morgan fingerprint density at radius 2 is 1.69 bits per heavy atom. The van der Waals surface area contributed by atoms with Crippen LogP contribution in [0.3, 0.4) is 0 Å². The molecule has 2 aromatic carbocycles. The zero-order chi connectivity index (χ0) is 18.1. The van der Waals surface area contributed by atoms with Crippen molar-refractivity contribution in [2.24, 2.45) is 0 Å². The average molecular weight is 374 g/mol. The fourth-order valence-corrected chi connectivity index (χ4v) is 4.10. The lowest BCUT2D eigenvalue weighted by Gasteiger charge is -2.43. The van der Waals surface area contributed by atoms with Gasteiger partial charge in [-0.05, 0) is 54.8 Å². The number of halogens is 2. The van der Waals surface area contributed by atoms with Gasteiger partial charge in [-0.1, -0.05) is 23.7 Å². The molecule has 0 aromatic heterocycles. The van der Waals surface area contributed by atoms with E-state index in [4.69, 9.17) is 11.6 Å². The van der Waals surface area contributed by atoms with Crippen LogP contribution in [0.2, 0.25) is 5.02 Å². The fourth-order valence-electron chi connectivity index (χ4n) is 3.97. The first-order chi connectivity index (χ1) is 12.6. The van der Waals surface area contributed by atoms with Crippen LogP contribution in [0.4, 0.5) is 10.1 Å². The Kier molecular flexibility index (Phi) is 4.59. The normalized spacial score (nSPS) is 19.8. The maximum atomic E-state index is 13.3. The Bertz CT molecular complexity index is 786. The number of anilines is 1. The summed E-state index contributed by atoms with van der Waals surface area (Å²) in [5, 5.41) is 3.71. The van der Waals surface area contributed by atoms with E-state index >= 15 is 0 Å². The molecule has 2 saturated heterocycles. The first kappa shape index (κ1) is 17.3. The molecule has 2 aromatic rings. The van der Waals surface area contributed by atoms with Crippen LogP contribution in [0.5, 0.6) is 0 Å². The number of carbonyl (C=O) groups excluding carboxylic acids is 1. The number of likely N-dealkylation sites (tertiary alicyclic amines) is 1. The van der Waals surface area contributed by atoms with Gasteiger partial charge in [0.05, 0.1) is 6.67 Å². The van der Waals surface area contributed by atoms with Crippen LogP contribution in [0.1, 0.15) is 18.4 Å². The van der Waals surface area contributed by atoms with Gasteiger partial charge >= 0.3 is 0 Å². The number of nitrogens with one attached hydrogen (secondary N) is 1. The smallest absolute Gasteiger partial charge is 0.247 e. The molecule has 0 bridgehead atoms. The van der Waals surface area contributed by atoms with Crippen molar-refractivity contribution in [3.05, 3.63) is 64.9 Å². The molecule has 26 heavy (non-hydrogen) atoms. The summed E-state index contributed by atoms with van der Waals surface area (Å²) >= 11 is 5.95. The van der Waals surface area contributed by atoms with Crippen molar-refractivity contribution < 1.29 is 9.18 Å². The van der Waals surface area contributed by atoms with Crippen LogP contribution in [0.15, 0.2) is 48.5 Å². The van der Waals surface area contributed by atoms with Crippen LogP contribution in [-0.4, -0.2) is 36.1 Å². The number of rotatable bonds is 3. The summed E-state index contributed by atoms with van der Waals surface area (Å²) in [6.07, 6.45) is 1.51. The second-order valence-electron chi connectivity index (χ2n) is 7.00. The van der Waals surface area contributed by atoms with Crippen molar-refractivity contribution in [2.45, 2.75) is 24.9 Å². The molecule has 2 fully saturated rings. The predicted octanol–water partition coefficient (Wildman–Crippen LogP) is 3.41. The average Bonchev–Trinajstić information content (AvgIpc) is 2.96. The zero-order valence-corrected chi connectivity index (χ0v) is 15.2. The molecule has 2 aliphatic heterocycles. The van der Waals surface area contributed by atoms with Crippen molar-refractivity contribution in [3.63, 3.8) is 0 Å². The van der Waals surface area contributed by atoms with E-state index in [1.54, 1.807) is 12.1 Å². The van der Waals surface area contributed by atoms with Crippen molar-refractivity contribution in [3.8, 4) is 0 Å². The monoisotopic (exact) mass is 373 g/mol. The Labute approximate surface area is 157 Å². The van der Waals surface area contributed by atoms with Crippen molar-refractivity contribution >= 4 is 23.2 Å². The predicted molar refractivity (Wildman–Crippen MR) is 101 cm³/mol. The molecular formula is C20H21ClFN3O. The van der Waals surface area contributed by atoms with Gasteiger partial charge in [0, 0.05) is 30.3 Å². The van der Waals surface area contributed by atoms with Gasteiger partial charge in [0.25, 0.3) is 0 Å². The SMILES string of the molecule is O=C1NCN(c2ccc(F)cc2)C12CCN(Cc1ccc(Cl)cc1)CC2. The standard InChI is InChI=1S/C20H21ClFN3O/c21-16-3-1-15(2-4-16)13-24-11-9-20(10-12-24)19(26)23-14-25(20)18-7-5-17(22)6-8-18/h1-8H,9-14H2,(H,23,26). The Morgan fingerprint density at radius 3 is 2.35 bits per heavy atom. The molecule has 1 spiro atoms. The number of piperidine rings is 1. The maximum Gasteiger partial charge on any atom is 0.247 e. The van der Waals surface area contributed by atoms with Crippen LogP contribution >= 0.6 is 11.6 Å². The second kappa shape index (κ2) is 6.89. The summed E-state index contributed by atoms with van der Waals surface area (Å²) in [4.78, 5) is 17.1. The summed E-state index contributed by atoms with van der Waals surface area (Å²) in [6.45, 7) is 3.01. The second-order valence-corrected chi connectivity index (χ2v) is 7.44. The Balaban J connectivity index is 1.47. The molecule has 6 heteroatoms. The first-order valence-corrected chi connectivity index (χ1v) is 9.23. The molecule has 1 amide bonds. The lowest BCUT2D eigenvalue weighted by Crippen LogP contribution is -2.56. The van der Waals surface area contributed by atoms with Crippen LogP contribution in [-0.2, 0) is 11.3 Å². The quantitative estimate of drug-likeness (QED) is 0.895. The Morgan fingerprint density at radius 1 is 1.04 bits per heavy atom. The minimum Gasteiger partial charge on any atom is -0.339 e. The van der Waals surface area contributed by atoms with Gasteiger partial charge < -0.3 is 10.2 Å². The van der Waals surface area contributed by atoms with E-state index in [0.717, 1.165) is 43.2 Å². The van der Waals surface area contributed by atoms with E-state index in [0.29, 0.717) is 6.67 Å². The molecular weight excluding hydrogens is 353 g/mol. The van der Waals surface area contributed by atoms with Gasteiger partial charge in [-0.3, -0.25) is 9.69 Å². The fraction of sp³-hybridized carbons (Fsp3) is 0.350. The molecule has 0 atom stereocenters. The molecule has 4 rings (SSSR count). The highest BCUT2D eigenvalue weighted by molar-refractivity contribution is 6.30. The van der Waals surface area contributed by atoms with E-state index in [1.165, 1.54) is 17.7 Å². The molecule has 4 nitrogen and oxygen atoms in total. The lowest BCUT2D eigenvalue weighted by atomic mass is 9.85. The largest absolute Gasteiger partial charge is 0.339 e. The number of nitrogens with zero attached hydrogens (tertiary/aromatic N) is 2. The molecule has 1 N–H and O–H groups in total. The lowest BCUT2D eigenvalue weighted by molar-refractivity contribution is -0.125. The Hall–Kier alpha value is -2.11. The van der Waals surface area contributed by atoms with Gasteiger partial charge in [-0.15, -0.1) is 0 Å². The van der Waals surface area contributed by atoms with Gasteiger partial charge in [0.15, 0.2) is 0 Å². The molecule has 0 radical (unpaired) electrons. The third-order valence-corrected chi connectivity index (χ3v) is 5.73. The molecule has 0 saturated carbocycles. The number of hydrogen-bond acceptors (Lipinski definition) is 3. The van der Waals surface area contributed by atoms with Crippen molar-refractivity contribution in [1.82, 2.24) is 10.2 Å². The molecule has 2 aliphatic rings. The summed E-state index contributed by atoms with van der Waals surface area (Å²) in [7, 11) is 0. The van der Waals surface area contributed by atoms with Crippen LogP contribution in [0, 0.1) is 5.82 Å². The highest BCUT2D eigenvalue weighted by Gasteiger charge is 2.50. The number of amides is 1. The van der Waals surface area contributed by atoms with Gasteiger partial charge in [0.2, 0.25) is 5.91 Å². The highest BCUT2D eigenvalue weighted by Crippen LogP contribution is 2.36. The van der Waals surface area contributed by atoms with E-state index in [2.05, 4.69) is 15.1 Å². The number of benzene rings is 2. The first-order valence-electron chi connectivity index (χ1n) is 8.85. The van der Waals surface area contributed by atoms with E-state index in [9.17, 15) is 9.18 Å². The van der Waals surface area contributed by atoms with Crippen LogP contribution in [0.25, 0.3) is 0 Å². The summed E-state index contributed by atoms with van der Waals surface area (Å²) < 4.78 is 13.3. The van der Waals surface area contributed by atoms with Gasteiger partial charge in [0.1, 0.15) is 11.4 Å². The highest BCUT2D eigenvalue weighted by atomic mass is 35.5. The van der Waals surface area contributed by atoms with Crippen LogP contribution < -0.4 is 10.2 Å². The minimum atomic E-state index is -0.533. The third kappa shape index (κ3) is 3.17. The summed E-state index contributed by atoms with van der Waals surface area (Å²) in [6, 6.07) is 14.3. The van der Waals surface area contributed by atoms with E-state index in [-0.39, 0.29) is 11.7 Å². The molecule has 0 unspecified atom stereocenters. The van der Waals surface area contributed by atoms with Gasteiger partial charge in [-0.2, -0.15) is 0 Å². The summed E-state index contributed by atoms with van der Waals surface area (Å²) in [5.41, 5.74) is 1.57. The topological polar surface area (TPSA) is 35.6 Å².